The van der Waals surface area contributed by atoms with Crippen molar-refractivity contribution in [1.29, 1.82) is 0 Å². The monoisotopic (exact) mass is 248 g/mol. The standard InChI is InChI=1S/C13H12O5/c1-7-3-8(14)4-10(15)13(7)11-5-9(17-2)6-12(16)18-11/h3-6,14-15H,1-2H3. The largest absolute Gasteiger partial charge is 0.508 e. The Morgan fingerprint density at radius 2 is 1.89 bits per heavy atom. The van der Waals surface area contributed by atoms with Crippen LogP contribution in [0.4, 0.5) is 0 Å². The Labute approximate surface area is 103 Å². The minimum atomic E-state index is -0.573. The van der Waals surface area contributed by atoms with Crippen LogP contribution in [0.2, 0.25) is 0 Å². The highest BCUT2D eigenvalue weighted by molar-refractivity contribution is 5.71. The van der Waals surface area contributed by atoms with Crippen molar-refractivity contribution in [2.24, 2.45) is 0 Å². The lowest BCUT2D eigenvalue weighted by Gasteiger charge is -2.09. The van der Waals surface area contributed by atoms with Gasteiger partial charge in [-0.25, -0.2) is 4.79 Å². The number of hydrogen-bond acceptors (Lipinski definition) is 5. The first-order chi connectivity index (χ1) is 8.51. The summed E-state index contributed by atoms with van der Waals surface area (Å²) in [5.41, 5.74) is 0.365. The lowest BCUT2D eigenvalue weighted by molar-refractivity contribution is 0.403. The molecule has 2 aromatic rings. The van der Waals surface area contributed by atoms with Gasteiger partial charge in [0.25, 0.3) is 0 Å². The van der Waals surface area contributed by atoms with Crippen LogP contribution in [-0.4, -0.2) is 17.3 Å². The molecule has 0 radical (unpaired) electrons. The molecule has 1 heterocycles. The fourth-order valence-corrected chi connectivity index (χ4v) is 1.77. The van der Waals surface area contributed by atoms with Crippen LogP contribution in [0.1, 0.15) is 5.56 Å². The van der Waals surface area contributed by atoms with Crippen LogP contribution in [0, 0.1) is 6.92 Å². The number of phenolic OH excluding ortho intramolecular Hbond substituents is 2. The average Bonchev–Trinajstić information content (AvgIpc) is 2.26. The van der Waals surface area contributed by atoms with E-state index >= 15 is 0 Å². The van der Waals surface area contributed by atoms with E-state index in [9.17, 15) is 15.0 Å². The third kappa shape index (κ3) is 2.15. The Morgan fingerprint density at radius 1 is 1.17 bits per heavy atom. The van der Waals surface area contributed by atoms with Gasteiger partial charge in [0.2, 0.25) is 0 Å². The van der Waals surface area contributed by atoms with E-state index < -0.39 is 5.63 Å². The zero-order valence-corrected chi connectivity index (χ0v) is 9.93. The Bertz CT molecular complexity index is 619. The third-order valence-corrected chi connectivity index (χ3v) is 2.53. The molecule has 0 aliphatic carbocycles. The number of aryl methyl sites for hydroxylation is 1. The zero-order chi connectivity index (χ0) is 13.3. The molecule has 0 bridgehead atoms. The first-order valence-corrected chi connectivity index (χ1v) is 5.23. The SMILES string of the molecule is COc1cc(-c2c(C)cc(O)cc2O)oc(=O)c1. The van der Waals surface area contributed by atoms with Gasteiger partial charge in [-0.15, -0.1) is 0 Å². The molecule has 0 aliphatic rings. The molecule has 0 spiro atoms. The van der Waals surface area contributed by atoms with E-state index in [1.807, 2.05) is 0 Å². The highest BCUT2D eigenvalue weighted by Crippen LogP contribution is 2.36. The van der Waals surface area contributed by atoms with Gasteiger partial charge in [0.15, 0.2) is 0 Å². The summed E-state index contributed by atoms with van der Waals surface area (Å²) >= 11 is 0. The van der Waals surface area contributed by atoms with Gasteiger partial charge in [0.05, 0.1) is 18.7 Å². The first kappa shape index (κ1) is 12.0. The van der Waals surface area contributed by atoms with Gasteiger partial charge in [-0.2, -0.15) is 0 Å². The lowest BCUT2D eigenvalue weighted by Crippen LogP contribution is -1.99. The normalized spacial score (nSPS) is 10.3. The number of hydrogen-bond donors (Lipinski definition) is 2. The average molecular weight is 248 g/mol. The zero-order valence-electron chi connectivity index (χ0n) is 9.93. The molecule has 0 atom stereocenters. The fourth-order valence-electron chi connectivity index (χ4n) is 1.77. The van der Waals surface area contributed by atoms with Crippen molar-refractivity contribution in [1.82, 2.24) is 0 Å². The summed E-state index contributed by atoms with van der Waals surface area (Å²) in [4.78, 5) is 11.4. The van der Waals surface area contributed by atoms with Crippen molar-refractivity contribution in [3.63, 3.8) is 0 Å². The number of rotatable bonds is 2. The van der Waals surface area contributed by atoms with Gasteiger partial charge in [0.1, 0.15) is 23.0 Å². The number of ether oxygens (including phenoxy) is 1. The molecule has 0 fully saturated rings. The summed E-state index contributed by atoms with van der Waals surface area (Å²) in [6.07, 6.45) is 0. The first-order valence-electron chi connectivity index (χ1n) is 5.23. The van der Waals surface area contributed by atoms with Gasteiger partial charge in [-0.05, 0) is 18.6 Å². The molecule has 94 valence electrons. The highest BCUT2D eigenvalue weighted by Gasteiger charge is 2.13. The van der Waals surface area contributed by atoms with Gasteiger partial charge >= 0.3 is 5.63 Å². The number of aromatic hydroxyl groups is 2. The molecule has 1 aromatic carbocycles. The number of benzene rings is 1. The predicted molar refractivity (Wildman–Crippen MR) is 65.0 cm³/mol. The summed E-state index contributed by atoms with van der Waals surface area (Å²) in [7, 11) is 1.43. The Kier molecular flexibility index (Phi) is 2.97. The second-order valence-corrected chi connectivity index (χ2v) is 3.84. The summed E-state index contributed by atoms with van der Waals surface area (Å²) in [6.45, 7) is 1.69. The van der Waals surface area contributed by atoms with Gasteiger partial charge in [-0.1, -0.05) is 0 Å². The molecule has 0 amide bonds. The summed E-state index contributed by atoms with van der Waals surface area (Å²) in [6, 6.07) is 5.35. The molecule has 1 aromatic heterocycles. The van der Waals surface area contributed by atoms with E-state index in [1.54, 1.807) is 6.92 Å². The van der Waals surface area contributed by atoms with E-state index in [0.717, 1.165) is 0 Å². The van der Waals surface area contributed by atoms with Crippen LogP contribution in [0.15, 0.2) is 33.5 Å². The van der Waals surface area contributed by atoms with E-state index in [0.29, 0.717) is 16.9 Å². The number of methoxy groups -OCH3 is 1. The predicted octanol–water partition coefficient (Wildman–Crippen LogP) is 2.04. The van der Waals surface area contributed by atoms with Gasteiger partial charge < -0.3 is 19.4 Å². The second kappa shape index (κ2) is 4.44. The van der Waals surface area contributed by atoms with Crippen molar-refractivity contribution in [2.45, 2.75) is 6.92 Å². The maximum atomic E-state index is 11.4. The Hall–Kier alpha value is -2.43. The summed E-state index contributed by atoms with van der Waals surface area (Å²) < 4.78 is 10.00. The van der Waals surface area contributed by atoms with Crippen LogP contribution < -0.4 is 10.4 Å². The third-order valence-electron chi connectivity index (χ3n) is 2.53. The van der Waals surface area contributed by atoms with Crippen molar-refractivity contribution >= 4 is 0 Å². The smallest absolute Gasteiger partial charge is 0.339 e. The van der Waals surface area contributed by atoms with Crippen LogP contribution in [0.25, 0.3) is 11.3 Å². The number of phenols is 2. The molecule has 0 unspecified atom stereocenters. The molecule has 0 saturated carbocycles. The van der Waals surface area contributed by atoms with Crippen LogP contribution >= 0.6 is 0 Å². The molecular formula is C13H12O5. The van der Waals surface area contributed by atoms with Crippen LogP contribution in [-0.2, 0) is 0 Å². The molecule has 2 N–H and O–H groups in total. The Morgan fingerprint density at radius 3 is 2.50 bits per heavy atom. The highest BCUT2D eigenvalue weighted by atomic mass is 16.5. The molecule has 18 heavy (non-hydrogen) atoms. The molecule has 0 saturated heterocycles. The van der Waals surface area contributed by atoms with E-state index in [1.165, 1.54) is 31.4 Å². The van der Waals surface area contributed by atoms with E-state index in [2.05, 4.69) is 0 Å². The van der Waals surface area contributed by atoms with Crippen molar-refractivity contribution in [3.8, 4) is 28.6 Å². The lowest BCUT2D eigenvalue weighted by atomic mass is 10.0. The van der Waals surface area contributed by atoms with E-state index in [4.69, 9.17) is 9.15 Å². The van der Waals surface area contributed by atoms with Gasteiger partial charge in [0, 0.05) is 12.1 Å². The fraction of sp³-hybridized carbons (Fsp3) is 0.154. The molecule has 2 rings (SSSR count). The molecule has 5 heteroatoms. The topological polar surface area (TPSA) is 79.9 Å². The van der Waals surface area contributed by atoms with Crippen LogP contribution in [0.3, 0.4) is 0 Å². The Balaban J connectivity index is 2.69. The summed E-state index contributed by atoms with van der Waals surface area (Å²) in [5.74, 6) is 0.311. The quantitative estimate of drug-likeness (QED) is 0.850. The minimum Gasteiger partial charge on any atom is -0.508 e. The summed E-state index contributed by atoms with van der Waals surface area (Å²) in [5, 5.41) is 19.2. The van der Waals surface area contributed by atoms with Crippen molar-refractivity contribution in [2.75, 3.05) is 7.11 Å². The minimum absolute atomic E-state index is 0.0565. The molecular weight excluding hydrogens is 236 g/mol. The maximum absolute atomic E-state index is 11.4. The molecule has 0 aliphatic heterocycles. The van der Waals surface area contributed by atoms with Gasteiger partial charge in [-0.3, -0.25) is 0 Å². The van der Waals surface area contributed by atoms with Crippen molar-refractivity contribution in [3.05, 3.63) is 40.2 Å². The van der Waals surface area contributed by atoms with Crippen LogP contribution in [0.5, 0.6) is 17.2 Å². The van der Waals surface area contributed by atoms with Crippen molar-refractivity contribution < 1.29 is 19.4 Å². The molecule has 5 nitrogen and oxygen atoms in total. The second-order valence-electron chi connectivity index (χ2n) is 3.84. The van der Waals surface area contributed by atoms with E-state index in [-0.39, 0.29) is 17.3 Å². The maximum Gasteiger partial charge on any atom is 0.339 e.